The van der Waals surface area contributed by atoms with E-state index >= 15 is 0 Å². The number of hydrogen-bond acceptors (Lipinski definition) is 4. The van der Waals surface area contributed by atoms with Crippen molar-refractivity contribution >= 4 is 15.9 Å². The van der Waals surface area contributed by atoms with Crippen LogP contribution in [-0.4, -0.2) is 20.9 Å². The van der Waals surface area contributed by atoms with E-state index in [-0.39, 0.29) is 4.90 Å². The standard InChI is InChI=1S/C20H21NO4S/c22-20(19-18-8-4-3-6-15(18)11-12-25-19)21-26(23,24)17-10-9-14-5-1-2-7-16(14)13-17/h3-4,6,8-10,13,19H,1-2,5,7,11-12H2,(H,21,22). The fourth-order valence-electron chi connectivity index (χ4n) is 3.73. The first-order chi connectivity index (χ1) is 12.5. The molecule has 4 rings (SSSR count). The first kappa shape index (κ1) is 17.2. The average Bonchev–Trinajstić information content (AvgIpc) is 2.66. The Hall–Kier alpha value is -2.18. The minimum atomic E-state index is -3.92. The molecule has 0 bridgehead atoms. The van der Waals surface area contributed by atoms with E-state index in [1.807, 2.05) is 30.3 Å². The number of ether oxygens (including phenoxy) is 1. The largest absolute Gasteiger partial charge is 0.363 e. The van der Waals surface area contributed by atoms with Gasteiger partial charge in [-0.3, -0.25) is 4.79 Å². The SMILES string of the molecule is O=C(NS(=O)(=O)c1ccc2c(c1)CCCC2)C1OCCc2ccccc21. The van der Waals surface area contributed by atoms with Crippen LogP contribution in [0.5, 0.6) is 0 Å². The Kier molecular flexibility index (Phi) is 4.54. The van der Waals surface area contributed by atoms with Gasteiger partial charge in [-0.2, -0.15) is 0 Å². The molecule has 0 radical (unpaired) electrons. The van der Waals surface area contributed by atoms with Gasteiger partial charge in [0, 0.05) is 0 Å². The van der Waals surface area contributed by atoms with Crippen LogP contribution in [0.15, 0.2) is 47.4 Å². The number of rotatable bonds is 3. The van der Waals surface area contributed by atoms with E-state index < -0.39 is 22.0 Å². The third-order valence-electron chi connectivity index (χ3n) is 5.10. The summed E-state index contributed by atoms with van der Waals surface area (Å²) in [5.41, 5.74) is 4.01. The van der Waals surface area contributed by atoms with Gasteiger partial charge in [-0.05, 0) is 66.5 Å². The van der Waals surface area contributed by atoms with Gasteiger partial charge in [-0.15, -0.1) is 0 Å². The van der Waals surface area contributed by atoms with Crippen LogP contribution >= 0.6 is 0 Å². The van der Waals surface area contributed by atoms with E-state index in [1.165, 1.54) is 5.56 Å². The van der Waals surface area contributed by atoms with E-state index in [4.69, 9.17) is 4.74 Å². The summed E-state index contributed by atoms with van der Waals surface area (Å²) in [4.78, 5) is 12.8. The molecule has 136 valence electrons. The zero-order valence-electron chi connectivity index (χ0n) is 14.4. The van der Waals surface area contributed by atoms with Crippen molar-refractivity contribution in [1.82, 2.24) is 4.72 Å². The number of hydrogen-bond donors (Lipinski definition) is 1. The highest BCUT2D eigenvalue weighted by molar-refractivity contribution is 7.90. The Bertz CT molecular complexity index is 952. The van der Waals surface area contributed by atoms with Crippen molar-refractivity contribution < 1.29 is 17.9 Å². The summed E-state index contributed by atoms with van der Waals surface area (Å²) in [6.07, 6.45) is 3.88. The van der Waals surface area contributed by atoms with Gasteiger partial charge in [0.25, 0.3) is 15.9 Å². The summed E-state index contributed by atoms with van der Waals surface area (Å²) < 4.78 is 33.2. The predicted octanol–water partition coefficient (Wildman–Crippen LogP) is 2.68. The molecule has 2 aromatic rings. The van der Waals surface area contributed by atoms with Crippen molar-refractivity contribution in [1.29, 1.82) is 0 Å². The maximum Gasteiger partial charge on any atom is 0.267 e. The number of sulfonamides is 1. The molecule has 1 aliphatic heterocycles. The van der Waals surface area contributed by atoms with Gasteiger partial charge in [-0.25, -0.2) is 13.1 Å². The Morgan fingerprint density at radius 1 is 0.962 bits per heavy atom. The molecule has 1 unspecified atom stereocenters. The van der Waals surface area contributed by atoms with Crippen LogP contribution in [-0.2, 0) is 38.8 Å². The van der Waals surface area contributed by atoms with Gasteiger partial charge < -0.3 is 4.74 Å². The number of carbonyl (C=O) groups is 1. The third kappa shape index (κ3) is 3.27. The van der Waals surface area contributed by atoms with Crippen molar-refractivity contribution in [2.75, 3.05) is 6.61 Å². The highest BCUT2D eigenvalue weighted by atomic mass is 32.2. The minimum absolute atomic E-state index is 0.135. The van der Waals surface area contributed by atoms with Crippen LogP contribution in [0.2, 0.25) is 0 Å². The summed E-state index contributed by atoms with van der Waals surface area (Å²) >= 11 is 0. The van der Waals surface area contributed by atoms with Crippen LogP contribution in [0, 0.1) is 0 Å². The number of amides is 1. The second-order valence-corrected chi connectivity index (χ2v) is 8.49. The molecule has 0 saturated heterocycles. The second-order valence-electron chi connectivity index (χ2n) is 6.81. The molecule has 2 aromatic carbocycles. The van der Waals surface area contributed by atoms with Crippen LogP contribution in [0.1, 0.15) is 41.2 Å². The molecule has 2 aliphatic rings. The highest BCUT2D eigenvalue weighted by Crippen LogP contribution is 2.28. The van der Waals surface area contributed by atoms with Crippen molar-refractivity contribution in [2.24, 2.45) is 0 Å². The smallest absolute Gasteiger partial charge is 0.267 e. The number of nitrogens with one attached hydrogen (secondary N) is 1. The van der Waals surface area contributed by atoms with E-state index in [0.717, 1.165) is 48.8 Å². The average molecular weight is 371 g/mol. The van der Waals surface area contributed by atoms with Gasteiger partial charge in [0.05, 0.1) is 11.5 Å². The minimum Gasteiger partial charge on any atom is -0.363 e. The van der Waals surface area contributed by atoms with Gasteiger partial charge in [0.2, 0.25) is 0 Å². The van der Waals surface area contributed by atoms with Gasteiger partial charge in [-0.1, -0.05) is 30.3 Å². The lowest BCUT2D eigenvalue weighted by atomic mass is 9.92. The summed E-state index contributed by atoms with van der Waals surface area (Å²) in [6, 6.07) is 12.6. The Labute approximate surface area is 153 Å². The van der Waals surface area contributed by atoms with Crippen LogP contribution < -0.4 is 4.72 Å². The fraction of sp³-hybridized carbons (Fsp3) is 0.350. The Morgan fingerprint density at radius 3 is 2.58 bits per heavy atom. The maximum atomic E-state index is 12.7. The maximum absolute atomic E-state index is 12.7. The molecule has 1 aliphatic carbocycles. The van der Waals surface area contributed by atoms with Crippen LogP contribution in [0.25, 0.3) is 0 Å². The van der Waals surface area contributed by atoms with E-state index in [9.17, 15) is 13.2 Å². The normalized spacial score (nSPS) is 19.3. The van der Waals surface area contributed by atoms with Crippen LogP contribution in [0.3, 0.4) is 0 Å². The second kappa shape index (κ2) is 6.85. The molecular formula is C20H21NO4S. The molecule has 0 fully saturated rings. The molecule has 1 heterocycles. The summed E-state index contributed by atoms with van der Waals surface area (Å²) in [5.74, 6) is -0.644. The molecule has 0 saturated carbocycles. The van der Waals surface area contributed by atoms with Crippen molar-refractivity contribution in [2.45, 2.75) is 43.1 Å². The summed E-state index contributed by atoms with van der Waals surface area (Å²) in [6.45, 7) is 0.397. The summed E-state index contributed by atoms with van der Waals surface area (Å²) in [7, 11) is -3.92. The van der Waals surface area contributed by atoms with E-state index in [2.05, 4.69) is 4.72 Å². The van der Waals surface area contributed by atoms with Crippen molar-refractivity contribution in [3.8, 4) is 0 Å². The number of fused-ring (bicyclic) bond motifs is 2. The topological polar surface area (TPSA) is 72.5 Å². The number of benzene rings is 2. The fourth-order valence-corrected chi connectivity index (χ4v) is 4.77. The third-order valence-corrected chi connectivity index (χ3v) is 6.44. The zero-order chi connectivity index (χ0) is 18.1. The summed E-state index contributed by atoms with van der Waals surface area (Å²) in [5, 5.41) is 0. The van der Waals surface area contributed by atoms with Crippen LogP contribution in [0.4, 0.5) is 0 Å². The lowest BCUT2D eigenvalue weighted by Gasteiger charge is -2.25. The van der Waals surface area contributed by atoms with Gasteiger partial charge >= 0.3 is 0 Å². The predicted molar refractivity (Wildman–Crippen MR) is 97.3 cm³/mol. The first-order valence-electron chi connectivity index (χ1n) is 8.92. The Balaban J connectivity index is 1.58. The van der Waals surface area contributed by atoms with E-state index in [0.29, 0.717) is 6.61 Å². The monoisotopic (exact) mass is 371 g/mol. The highest BCUT2D eigenvalue weighted by Gasteiger charge is 2.30. The molecule has 1 amide bonds. The molecule has 1 N–H and O–H groups in total. The Morgan fingerprint density at radius 2 is 1.73 bits per heavy atom. The lowest BCUT2D eigenvalue weighted by Crippen LogP contribution is -2.37. The molecule has 1 atom stereocenters. The quantitative estimate of drug-likeness (QED) is 0.900. The first-order valence-corrected chi connectivity index (χ1v) is 10.4. The molecule has 26 heavy (non-hydrogen) atoms. The molecule has 5 nitrogen and oxygen atoms in total. The molecule has 6 heteroatoms. The number of aryl methyl sites for hydroxylation is 2. The zero-order valence-corrected chi connectivity index (χ0v) is 15.2. The van der Waals surface area contributed by atoms with Gasteiger partial charge in [0.1, 0.15) is 0 Å². The number of carbonyl (C=O) groups excluding carboxylic acids is 1. The molecular weight excluding hydrogens is 350 g/mol. The van der Waals surface area contributed by atoms with Crippen molar-refractivity contribution in [3.05, 3.63) is 64.7 Å². The van der Waals surface area contributed by atoms with Gasteiger partial charge in [0.15, 0.2) is 6.10 Å². The van der Waals surface area contributed by atoms with Crippen molar-refractivity contribution in [3.63, 3.8) is 0 Å². The molecule has 0 spiro atoms. The van der Waals surface area contributed by atoms with E-state index in [1.54, 1.807) is 12.1 Å². The lowest BCUT2D eigenvalue weighted by molar-refractivity contribution is -0.132. The molecule has 0 aromatic heterocycles.